The molecule has 7 aromatic heterocycles. The Hall–Kier alpha value is -9.48. The second-order valence-electron chi connectivity index (χ2n) is 24.1. The number of pyridine rings is 1. The first-order valence-corrected chi connectivity index (χ1v) is 35.1. The molecule has 1 aromatic carbocycles. The van der Waals surface area contributed by atoms with E-state index in [2.05, 4.69) is 46.9 Å². The van der Waals surface area contributed by atoms with Crippen LogP contribution in [0.3, 0.4) is 0 Å². The molecule has 11 atom stereocenters. The predicted octanol–water partition coefficient (Wildman–Crippen LogP) is 3.84. The second kappa shape index (κ2) is 28.6. The van der Waals surface area contributed by atoms with Crippen molar-refractivity contribution in [2.24, 2.45) is 5.73 Å². The van der Waals surface area contributed by atoms with Gasteiger partial charge in [-0.15, -0.1) is 56.7 Å². The third-order valence-corrected chi connectivity index (χ3v) is 21.3. The average molecular weight is 1470 g/mol. The highest BCUT2D eigenvalue weighted by molar-refractivity contribution is 7.14. The minimum atomic E-state index is -1.91. The number of carbonyl (C=O) groups is 8. The molecule has 12 N–H and O–H groups in total. The Morgan fingerprint density at radius 3 is 2.24 bits per heavy atom. The van der Waals surface area contributed by atoms with Gasteiger partial charge in [-0.25, -0.2) is 44.3 Å². The van der Waals surface area contributed by atoms with Crippen molar-refractivity contribution >= 4 is 121 Å². The van der Waals surface area contributed by atoms with Crippen molar-refractivity contribution in [3.05, 3.63) is 112 Å². The number of esters is 2. The minimum Gasteiger partial charge on any atom is -0.506 e. The Morgan fingerprint density at radius 2 is 1.52 bits per heavy atom. The van der Waals surface area contributed by atoms with E-state index in [9.17, 15) is 44.5 Å². The zero-order chi connectivity index (χ0) is 71.3. The number of amides is 7. The van der Waals surface area contributed by atoms with Gasteiger partial charge in [0.1, 0.15) is 120 Å². The van der Waals surface area contributed by atoms with E-state index in [1.165, 1.54) is 56.2 Å². The SMILES string of the molecule is COC(C)=C1NC(=O)[C@H]([C@@H](C)O)NC(=O)c2csc(n2)-c2cc(O)c(-c3nc(CNC(=O)[C@@H](C)NC(N)=O)cs3)nc2-c2csc(n2)[C@@H]2COC(=O)c3c4c5c(cccc5n3O)COC(=O)[C@@H](O[C@H]3C[C@](C)(O)[C@H](N(C)C)[C@H](C)O3)[C@@H](OC4)[C@H](NC(=O)c3csc1n3)c1nc(cs1)C(=O)N2. The number of nitrogens with two attached hydrogens (primary N) is 1. The first kappa shape index (κ1) is 70.4. The van der Waals surface area contributed by atoms with Crippen LogP contribution in [0, 0.1) is 0 Å². The number of urea groups is 1. The summed E-state index contributed by atoms with van der Waals surface area (Å²) in [6.07, 6.45) is -7.53. The van der Waals surface area contributed by atoms with Crippen LogP contribution in [0.2, 0.25) is 0 Å². The number of ether oxygens (including phenoxy) is 6. The number of fused-ring (bicyclic) bond motifs is 15. The Labute approximate surface area is 587 Å². The fourth-order valence-corrected chi connectivity index (χ4v) is 16.3. The summed E-state index contributed by atoms with van der Waals surface area (Å²) in [5, 5.41) is 70.9. The maximum Gasteiger partial charge on any atom is 0.358 e. The molecule has 1 saturated heterocycles. The largest absolute Gasteiger partial charge is 0.506 e. The lowest BCUT2D eigenvalue weighted by atomic mass is 9.85. The number of nitrogens with one attached hydrogen (secondary N) is 6. The first-order valence-electron chi connectivity index (χ1n) is 30.7. The molecule has 1 fully saturated rings. The summed E-state index contributed by atoms with van der Waals surface area (Å²) in [6, 6.07) is -1.14. The normalized spacial score (nSPS) is 24.1. The molecule has 38 heteroatoms. The number of rotatable bonds is 10. The topological polar surface area (TPSA) is 457 Å². The fraction of sp³-hybridized carbons (Fsp3) is 0.387. The van der Waals surface area contributed by atoms with Crippen molar-refractivity contribution in [2.75, 3.05) is 27.8 Å². The molecule has 0 unspecified atom stereocenters. The summed E-state index contributed by atoms with van der Waals surface area (Å²) in [7, 11) is 4.85. The molecule has 0 spiro atoms. The van der Waals surface area contributed by atoms with Gasteiger partial charge in [0, 0.05) is 49.8 Å². The number of thiazole rings is 5. The highest BCUT2D eigenvalue weighted by Crippen LogP contribution is 2.43. The number of primary amides is 1. The Balaban J connectivity index is 1.02. The number of benzene rings is 1. The number of allylic oxidation sites excluding steroid dienone is 1. The van der Waals surface area contributed by atoms with E-state index in [-0.39, 0.29) is 106 Å². The standard InChI is InChI=1S/C62H65N15O18S5/c1-23(65-61(63)87)49(80)64-14-28-18-96-57(66-28)43-37(79)12-29-42(72-43)32-19-98-55(68-32)31-17-93-59(85)45-30-16-91-46(47(95-38-13-62(5,88)48(76(6)7)26(4)94-38)60(86)92-15-27-10-9-11-36(39(27)30)77(45)89)44(58-71-33(21-100-58)50(81)67-31)75-52(83)35-22-99-56(70-35)41(25(3)90-8)74-53(84)40(24(2)78)73-51(82)34-20-97-54(29)69-34/h9-12,18-24,26,31,38,40,44,46-48,78-79,88-89H,13-17H2,1-8H3,(H,64,80)(H,67,81)(H,73,82)(H,74,84)(H,75,83)(H3,63,65,87)/t23-,24-,26+,31+,38+,40+,44+,46+,47+,48-,62+/m1/s1. The van der Waals surface area contributed by atoms with E-state index in [0.29, 0.717) is 16.0 Å². The smallest absolute Gasteiger partial charge is 0.358 e. The van der Waals surface area contributed by atoms with E-state index in [1.807, 2.05) is 0 Å². The number of cyclic esters (lactones) is 2. The fourth-order valence-electron chi connectivity index (χ4n) is 12.1. The maximum absolute atomic E-state index is 15.2. The molecule has 12 rings (SSSR count). The van der Waals surface area contributed by atoms with E-state index in [0.717, 1.165) is 56.7 Å². The van der Waals surface area contributed by atoms with Gasteiger partial charge in [0.15, 0.2) is 18.1 Å². The summed E-state index contributed by atoms with van der Waals surface area (Å²) in [4.78, 5) is 144. The summed E-state index contributed by atoms with van der Waals surface area (Å²) < 4.78 is 38.3. The molecular formula is C62H65N15O18S5. The number of hydrogen-bond acceptors (Lipinski definition) is 30. The predicted molar refractivity (Wildman–Crippen MR) is 358 cm³/mol. The van der Waals surface area contributed by atoms with Crippen LogP contribution in [-0.2, 0) is 62.6 Å². The van der Waals surface area contributed by atoms with Crippen molar-refractivity contribution in [1.29, 1.82) is 0 Å². The highest BCUT2D eigenvalue weighted by atomic mass is 32.1. The van der Waals surface area contributed by atoms with Gasteiger partial charge < -0.3 is 91.5 Å². The van der Waals surface area contributed by atoms with Crippen LogP contribution >= 0.6 is 56.7 Å². The Kier molecular flexibility index (Phi) is 20.2. The number of aliphatic hydroxyl groups excluding tert-OH is 1. The molecule has 11 heterocycles. The Morgan fingerprint density at radius 1 is 0.850 bits per heavy atom. The number of nitrogens with zero attached hydrogens (tertiary/aromatic N) is 8. The van der Waals surface area contributed by atoms with Crippen LogP contribution < -0.4 is 37.6 Å². The second-order valence-corrected chi connectivity index (χ2v) is 28.4. The number of likely N-dealkylation sites (N-methyl/N-ethyl adjacent to an activating group) is 1. The van der Waals surface area contributed by atoms with Crippen molar-refractivity contribution in [3.8, 4) is 38.4 Å². The highest BCUT2D eigenvalue weighted by Gasteiger charge is 2.50. The molecular weight excluding hydrogens is 1400 g/mol. The lowest BCUT2D eigenvalue weighted by Gasteiger charge is -2.48. The van der Waals surface area contributed by atoms with Gasteiger partial charge in [0.25, 0.3) is 17.7 Å². The summed E-state index contributed by atoms with van der Waals surface area (Å²) >= 11 is 4.70. The van der Waals surface area contributed by atoms with Gasteiger partial charge in [-0.05, 0) is 66.4 Å². The van der Waals surface area contributed by atoms with Gasteiger partial charge in [-0.3, -0.25) is 24.0 Å². The molecule has 33 nitrogen and oxygen atoms in total. The molecule has 0 aliphatic carbocycles. The lowest BCUT2D eigenvalue weighted by Crippen LogP contribution is -2.62. The lowest BCUT2D eigenvalue weighted by molar-refractivity contribution is -0.280. The molecule has 0 radical (unpaired) electrons. The molecule has 7 amide bonds. The number of aromatic hydroxyl groups is 1. The van der Waals surface area contributed by atoms with Crippen molar-refractivity contribution in [2.45, 2.75) is 127 Å². The molecule has 4 aliphatic heterocycles. The number of aliphatic hydroxyl groups is 2. The molecule has 0 saturated carbocycles. The summed E-state index contributed by atoms with van der Waals surface area (Å²) in [6.45, 7) is 5.61. The molecule has 100 heavy (non-hydrogen) atoms. The van der Waals surface area contributed by atoms with Crippen molar-refractivity contribution < 1.29 is 87.3 Å². The molecule has 526 valence electrons. The van der Waals surface area contributed by atoms with Crippen LogP contribution in [0.15, 0.2) is 56.9 Å². The Bertz CT molecular complexity index is 4590. The zero-order valence-electron chi connectivity index (χ0n) is 54.2. The van der Waals surface area contributed by atoms with Crippen LogP contribution in [0.1, 0.15) is 127 Å². The van der Waals surface area contributed by atoms with E-state index < -0.39 is 145 Å². The van der Waals surface area contributed by atoms with Crippen molar-refractivity contribution in [1.82, 2.24) is 71.4 Å². The van der Waals surface area contributed by atoms with Gasteiger partial charge in [0.2, 0.25) is 11.8 Å². The third kappa shape index (κ3) is 14.2. The van der Waals surface area contributed by atoms with Gasteiger partial charge in [-0.2, -0.15) is 4.73 Å². The third-order valence-electron chi connectivity index (χ3n) is 16.8. The van der Waals surface area contributed by atoms with Gasteiger partial charge in [-0.1, -0.05) is 12.1 Å². The monoisotopic (exact) mass is 1470 g/mol. The molecule has 4 aliphatic rings. The quantitative estimate of drug-likeness (QED) is 0.0526. The number of carbonyl (C=O) groups excluding carboxylic acids is 8. The molecule has 12 bridgehead atoms. The van der Waals surface area contributed by atoms with Crippen LogP contribution in [0.25, 0.3) is 49.3 Å². The van der Waals surface area contributed by atoms with Gasteiger partial charge in [0.05, 0.1) is 55.3 Å². The summed E-state index contributed by atoms with van der Waals surface area (Å²) in [5.74, 6) is -6.83. The number of hydrogen-bond donors (Lipinski definition) is 11. The van der Waals surface area contributed by atoms with Crippen LogP contribution in [0.4, 0.5) is 4.79 Å². The average Bonchev–Trinajstić information content (AvgIpc) is 1.59. The molecule has 8 aromatic rings. The van der Waals surface area contributed by atoms with Gasteiger partial charge >= 0.3 is 18.0 Å². The van der Waals surface area contributed by atoms with E-state index in [1.54, 1.807) is 55.7 Å². The first-order chi connectivity index (χ1) is 47.7. The minimum absolute atomic E-state index is 0.0126. The zero-order valence-corrected chi connectivity index (χ0v) is 58.3. The van der Waals surface area contributed by atoms with E-state index >= 15 is 14.4 Å². The number of aromatic nitrogens is 7. The summed E-state index contributed by atoms with van der Waals surface area (Å²) in [5.41, 5.74) is 3.23. The van der Waals surface area contributed by atoms with Crippen LogP contribution in [0.5, 0.6) is 5.75 Å². The van der Waals surface area contributed by atoms with Crippen LogP contribution in [-0.4, -0.2) is 190 Å². The number of methoxy groups -OCH3 is 1. The maximum atomic E-state index is 15.2. The van der Waals surface area contributed by atoms with E-state index in [4.69, 9.17) is 49.1 Å². The van der Waals surface area contributed by atoms with Crippen molar-refractivity contribution in [3.63, 3.8) is 0 Å².